The third-order valence-corrected chi connectivity index (χ3v) is 4.09. The molecule has 116 valence electrons. The molecule has 0 spiro atoms. The molecule has 2 atom stereocenters. The SMILES string of the molecule is CC(C)N(C(=O)[C@H](C)N)[C@H]1CCN(Cc2ccccc2)C1. The highest BCUT2D eigenvalue weighted by Crippen LogP contribution is 2.20. The van der Waals surface area contributed by atoms with E-state index in [9.17, 15) is 4.79 Å². The van der Waals surface area contributed by atoms with Crippen molar-refractivity contribution in [2.24, 2.45) is 5.73 Å². The average Bonchev–Trinajstić information content (AvgIpc) is 2.87. The maximum atomic E-state index is 12.3. The number of amides is 1. The Kier molecular flexibility index (Phi) is 5.37. The van der Waals surface area contributed by atoms with E-state index in [1.165, 1.54) is 5.56 Å². The van der Waals surface area contributed by atoms with Gasteiger partial charge in [-0.3, -0.25) is 9.69 Å². The fraction of sp³-hybridized carbons (Fsp3) is 0.588. The van der Waals surface area contributed by atoms with Gasteiger partial charge in [0.05, 0.1) is 6.04 Å². The summed E-state index contributed by atoms with van der Waals surface area (Å²) in [6, 6.07) is 10.6. The van der Waals surface area contributed by atoms with Crippen molar-refractivity contribution in [3.8, 4) is 0 Å². The van der Waals surface area contributed by atoms with E-state index in [4.69, 9.17) is 5.73 Å². The fourth-order valence-electron chi connectivity index (χ4n) is 3.12. The number of hydrogen-bond acceptors (Lipinski definition) is 3. The molecule has 1 amide bonds. The molecule has 4 heteroatoms. The Morgan fingerprint density at radius 1 is 1.33 bits per heavy atom. The van der Waals surface area contributed by atoms with E-state index < -0.39 is 6.04 Å². The summed E-state index contributed by atoms with van der Waals surface area (Å²) < 4.78 is 0. The molecule has 0 radical (unpaired) electrons. The first-order valence-corrected chi connectivity index (χ1v) is 7.83. The number of nitrogens with two attached hydrogens (primary N) is 1. The van der Waals surface area contributed by atoms with Gasteiger partial charge in [0.25, 0.3) is 0 Å². The van der Waals surface area contributed by atoms with Gasteiger partial charge in [-0.05, 0) is 32.8 Å². The molecule has 0 bridgehead atoms. The lowest BCUT2D eigenvalue weighted by Gasteiger charge is -2.34. The van der Waals surface area contributed by atoms with Crippen molar-refractivity contribution in [3.63, 3.8) is 0 Å². The summed E-state index contributed by atoms with van der Waals surface area (Å²) in [5, 5.41) is 0. The van der Waals surface area contributed by atoms with Crippen LogP contribution in [0.1, 0.15) is 32.8 Å². The third-order valence-electron chi connectivity index (χ3n) is 4.09. The summed E-state index contributed by atoms with van der Waals surface area (Å²) in [5.41, 5.74) is 7.12. The van der Waals surface area contributed by atoms with Gasteiger partial charge in [-0.2, -0.15) is 0 Å². The lowest BCUT2D eigenvalue weighted by atomic mass is 10.1. The summed E-state index contributed by atoms with van der Waals surface area (Å²) in [4.78, 5) is 16.7. The van der Waals surface area contributed by atoms with E-state index >= 15 is 0 Å². The van der Waals surface area contributed by atoms with Crippen molar-refractivity contribution in [1.82, 2.24) is 9.80 Å². The second-order valence-electron chi connectivity index (χ2n) is 6.29. The van der Waals surface area contributed by atoms with Crippen LogP contribution in [0.2, 0.25) is 0 Å². The summed E-state index contributed by atoms with van der Waals surface area (Å²) in [6.45, 7) is 8.84. The first kappa shape index (κ1) is 16.0. The molecular formula is C17H27N3O. The minimum absolute atomic E-state index is 0.0663. The lowest BCUT2D eigenvalue weighted by molar-refractivity contribution is -0.136. The predicted molar refractivity (Wildman–Crippen MR) is 85.8 cm³/mol. The molecule has 1 fully saturated rings. The zero-order chi connectivity index (χ0) is 15.4. The van der Waals surface area contributed by atoms with Crippen molar-refractivity contribution in [1.29, 1.82) is 0 Å². The van der Waals surface area contributed by atoms with Gasteiger partial charge in [-0.1, -0.05) is 30.3 Å². The van der Waals surface area contributed by atoms with Crippen molar-refractivity contribution in [2.75, 3.05) is 13.1 Å². The molecule has 1 heterocycles. The maximum absolute atomic E-state index is 12.3. The van der Waals surface area contributed by atoms with E-state index in [2.05, 4.69) is 43.0 Å². The van der Waals surface area contributed by atoms with Gasteiger partial charge in [0.1, 0.15) is 0 Å². The molecule has 0 aromatic heterocycles. The summed E-state index contributed by atoms with van der Waals surface area (Å²) in [7, 11) is 0. The first-order valence-electron chi connectivity index (χ1n) is 7.83. The van der Waals surface area contributed by atoms with Gasteiger partial charge >= 0.3 is 0 Å². The Balaban J connectivity index is 1.98. The highest BCUT2D eigenvalue weighted by molar-refractivity contribution is 5.81. The maximum Gasteiger partial charge on any atom is 0.239 e. The van der Waals surface area contributed by atoms with E-state index in [0.29, 0.717) is 0 Å². The molecule has 1 aromatic rings. The monoisotopic (exact) mass is 289 g/mol. The van der Waals surface area contributed by atoms with Gasteiger partial charge in [0.15, 0.2) is 0 Å². The average molecular weight is 289 g/mol. The number of hydrogen-bond donors (Lipinski definition) is 1. The second-order valence-corrected chi connectivity index (χ2v) is 6.29. The first-order chi connectivity index (χ1) is 9.99. The van der Waals surface area contributed by atoms with Crippen LogP contribution < -0.4 is 5.73 Å². The zero-order valence-corrected chi connectivity index (χ0v) is 13.3. The van der Waals surface area contributed by atoms with Crippen LogP contribution in [0, 0.1) is 0 Å². The fourth-order valence-corrected chi connectivity index (χ4v) is 3.12. The molecule has 21 heavy (non-hydrogen) atoms. The Morgan fingerprint density at radius 3 is 2.57 bits per heavy atom. The van der Waals surface area contributed by atoms with Crippen LogP contribution >= 0.6 is 0 Å². The quantitative estimate of drug-likeness (QED) is 0.900. The number of nitrogens with zero attached hydrogens (tertiary/aromatic N) is 2. The number of carbonyl (C=O) groups is 1. The van der Waals surface area contributed by atoms with Gasteiger partial charge in [-0.25, -0.2) is 0 Å². The molecule has 0 aliphatic carbocycles. The van der Waals surface area contributed by atoms with Gasteiger partial charge in [-0.15, -0.1) is 0 Å². The number of carbonyl (C=O) groups excluding carboxylic acids is 1. The van der Waals surface area contributed by atoms with Crippen LogP contribution in [0.3, 0.4) is 0 Å². The molecule has 1 saturated heterocycles. The largest absolute Gasteiger partial charge is 0.335 e. The standard InChI is InChI=1S/C17H27N3O/c1-13(2)20(17(21)14(3)18)16-9-10-19(12-16)11-15-7-5-4-6-8-15/h4-8,13-14,16H,9-12,18H2,1-3H3/t14-,16-/m0/s1. The molecule has 1 aliphatic rings. The molecule has 4 nitrogen and oxygen atoms in total. The van der Waals surface area contributed by atoms with Crippen molar-refractivity contribution in [3.05, 3.63) is 35.9 Å². The van der Waals surface area contributed by atoms with Crippen LogP contribution in [0.15, 0.2) is 30.3 Å². The van der Waals surface area contributed by atoms with Crippen molar-refractivity contribution in [2.45, 2.75) is 51.9 Å². The van der Waals surface area contributed by atoms with E-state index in [1.54, 1.807) is 6.92 Å². The van der Waals surface area contributed by atoms with Gasteiger partial charge in [0, 0.05) is 31.7 Å². The van der Waals surface area contributed by atoms with Gasteiger partial charge < -0.3 is 10.6 Å². The van der Waals surface area contributed by atoms with Crippen LogP contribution in [0.5, 0.6) is 0 Å². The molecule has 2 N–H and O–H groups in total. The molecule has 0 unspecified atom stereocenters. The smallest absolute Gasteiger partial charge is 0.239 e. The molecule has 1 aliphatic heterocycles. The summed E-state index contributed by atoms with van der Waals surface area (Å²) >= 11 is 0. The third kappa shape index (κ3) is 4.05. The lowest BCUT2D eigenvalue weighted by Crippen LogP contribution is -2.51. The Bertz CT molecular complexity index is 458. The van der Waals surface area contributed by atoms with Gasteiger partial charge in [0.2, 0.25) is 5.91 Å². The molecular weight excluding hydrogens is 262 g/mol. The Morgan fingerprint density at radius 2 is 2.00 bits per heavy atom. The Hall–Kier alpha value is -1.39. The number of likely N-dealkylation sites (tertiary alicyclic amines) is 1. The number of rotatable bonds is 5. The highest BCUT2D eigenvalue weighted by atomic mass is 16.2. The molecule has 1 aromatic carbocycles. The highest BCUT2D eigenvalue weighted by Gasteiger charge is 2.33. The van der Waals surface area contributed by atoms with Crippen LogP contribution in [0.4, 0.5) is 0 Å². The van der Waals surface area contributed by atoms with Crippen LogP contribution in [0.25, 0.3) is 0 Å². The van der Waals surface area contributed by atoms with Crippen molar-refractivity contribution < 1.29 is 4.79 Å². The molecule has 0 saturated carbocycles. The Labute approximate surface area is 127 Å². The zero-order valence-electron chi connectivity index (χ0n) is 13.3. The normalized spacial score (nSPS) is 20.7. The molecule has 2 rings (SSSR count). The van der Waals surface area contributed by atoms with E-state index in [-0.39, 0.29) is 18.0 Å². The second kappa shape index (κ2) is 7.05. The number of benzene rings is 1. The van der Waals surface area contributed by atoms with E-state index in [0.717, 1.165) is 26.1 Å². The minimum atomic E-state index is -0.421. The summed E-state index contributed by atoms with van der Waals surface area (Å²) in [5.74, 6) is 0.0663. The predicted octanol–water partition coefficient (Wildman–Crippen LogP) is 1.85. The minimum Gasteiger partial charge on any atom is -0.335 e. The van der Waals surface area contributed by atoms with Crippen LogP contribution in [-0.4, -0.2) is 46.9 Å². The van der Waals surface area contributed by atoms with E-state index in [1.807, 2.05) is 11.0 Å². The van der Waals surface area contributed by atoms with Crippen molar-refractivity contribution >= 4 is 5.91 Å². The summed E-state index contributed by atoms with van der Waals surface area (Å²) in [6.07, 6.45) is 1.03. The topological polar surface area (TPSA) is 49.6 Å². The van der Waals surface area contributed by atoms with Crippen LogP contribution in [-0.2, 0) is 11.3 Å².